The predicted molar refractivity (Wildman–Crippen MR) is 87.5 cm³/mol. The number of nitrogens with one attached hydrogen (secondary N) is 2. The van der Waals surface area contributed by atoms with E-state index < -0.39 is 0 Å². The average molecular weight is 297 g/mol. The summed E-state index contributed by atoms with van der Waals surface area (Å²) in [6, 6.07) is 11.5. The highest BCUT2D eigenvalue weighted by Crippen LogP contribution is 2.26. The molecule has 0 aliphatic carbocycles. The number of para-hydroxylation sites is 2. The fourth-order valence-electron chi connectivity index (χ4n) is 2.68. The highest BCUT2D eigenvalue weighted by molar-refractivity contribution is 6.05. The minimum Gasteiger partial charge on any atom is -0.359 e. The van der Waals surface area contributed by atoms with Crippen molar-refractivity contribution in [2.24, 2.45) is 0 Å². The summed E-state index contributed by atoms with van der Waals surface area (Å²) in [5.41, 5.74) is 2.52. The number of pyridine rings is 1. The Bertz CT molecular complexity index is 636. The van der Waals surface area contributed by atoms with Gasteiger partial charge in [0.1, 0.15) is 0 Å². The molecule has 114 valence electrons. The van der Waals surface area contributed by atoms with Crippen molar-refractivity contribution in [3.8, 4) is 0 Å². The highest BCUT2D eigenvalue weighted by Gasteiger charge is 2.19. The van der Waals surface area contributed by atoms with Gasteiger partial charge in [0.05, 0.1) is 50.2 Å². The molecule has 1 aliphatic heterocycles. The molecule has 2 aromatic rings. The Balaban J connectivity index is 1.78. The molecule has 1 aromatic heterocycles. The third-order valence-corrected chi connectivity index (χ3v) is 4.03. The van der Waals surface area contributed by atoms with E-state index >= 15 is 0 Å². The van der Waals surface area contributed by atoms with Crippen LogP contribution < -0.4 is 15.1 Å². The molecule has 1 fully saturated rings. The molecule has 1 aromatic carbocycles. The zero-order chi connectivity index (χ0) is 15.4. The van der Waals surface area contributed by atoms with Gasteiger partial charge in [-0.15, -0.1) is 0 Å². The van der Waals surface area contributed by atoms with E-state index in [4.69, 9.17) is 0 Å². The minimum absolute atomic E-state index is 0.125. The van der Waals surface area contributed by atoms with Crippen LogP contribution in [0.3, 0.4) is 0 Å². The molecule has 2 heterocycles. The van der Waals surface area contributed by atoms with Gasteiger partial charge in [0.2, 0.25) is 0 Å². The number of amides is 1. The maximum absolute atomic E-state index is 12.3. The lowest BCUT2D eigenvalue weighted by Crippen LogP contribution is -3.12. The zero-order valence-corrected chi connectivity index (χ0v) is 12.7. The van der Waals surface area contributed by atoms with Crippen molar-refractivity contribution in [3.63, 3.8) is 0 Å². The lowest BCUT2D eigenvalue weighted by atomic mass is 10.2. The third-order valence-electron chi connectivity index (χ3n) is 4.03. The second kappa shape index (κ2) is 6.58. The largest absolute Gasteiger partial charge is 0.359 e. The summed E-state index contributed by atoms with van der Waals surface area (Å²) < 4.78 is 0. The number of benzene rings is 1. The second-order valence-electron chi connectivity index (χ2n) is 5.66. The first-order valence-electron chi connectivity index (χ1n) is 7.61. The van der Waals surface area contributed by atoms with E-state index in [9.17, 15) is 4.79 Å². The molecule has 0 bridgehead atoms. The van der Waals surface area contributed by atoms with Gasteiger partial charge in [0.25, 0.3) is 5.91 Å². The Hall–Kier alpha value is -2.40. The minimum atomic E-state index is -0.125. The Kier molecular flexibility index (Phi) is 4.34. The summed E-state index contributed by atoms with van der Waals surface area (Å²) in [4.78, 5) is 20.2. The molecular formula is C17H21N4O+. The fourth-order valence-corrected chi connectivity index (χ4v) is 2.68. The van der Waals surface area contributed by atoms with Gasteiger partial charge in [-0.2, -0.15) is 0 Å². The van der Waals surface area contributed by atoms with E-state index in [0.717, 1.165) is 37.6 Å². The molecule has 1 amide bonds. The molecule has 3 rings (SSSR count). The Morgan fingerprint density at radius 3 is 2.68 bits per heavy atom. The van der Waals surface area contributed by atoms with E-state index in [1.165, 1.54) is 0 Å². The van der Waals surface area contributed by atoms with Crippen LogP contribution in [0, 0.1) is 0 Å². The summed E-state index contributed by atoms with van der Waals surface area (Å²) in [6.07, 6.45) is 3.24. The van der Waals surface area contributed by atoms with Gasteiger partial charge in [0.15, 0.2) is 0 Å². The van der Waals surface area contributed by atoms with Crippen molar-refractivity contribution in [1.82, 2.24) is 4.98 Å². The van der Waals surface area contributed by atoms with Crippen LogP contribution in [0.2, 0.25) is 0 Å². The first-order valence-corrected chi connectivity index (χ1v) is 7.61. The van der Waals surface area contributed by atoms with Crippen LogP contribution in [0.25, 0.3) is 0 Å². The van der Waals surface area contributed by atoms with Crippen LogP contribution in [-0.2, 0) is 0 Å². The van der Waals surface area contributed by atoms with Crippen molar-refractivity contribution in [2.75, 3.05) is 43.4 Å². The number of piperazine rings is 1. The van der Waals surface area contributed by atoms with Crippen molar-refractivity contribution in [2.45, 2.75) is 0 Å². The predicted octanol–water partition coefficient (Wildman–Crippen LogP) is 0.669. The number of carbonyl (C=O) groups is 1. The summed E-state index contributed by atoms with van der Waals surface area (Å²) in [7, 11) is 2.22. The highest BCUT2D eigenvalue weighted by atomic mass is 16.1. The molecule has 0 atom stereocenters. The Labute approximate surface area is 130 Å². The van der Waals surface area contributed by atoms with Gasteiger partial charge in [0, 0.05) is 12.4 Å². The van der Waals surface area contributed by atoms with Crippen LogP contribution in [0.5, 0.6) is 0 Å². The van der Waals surface area contributed by atoms with Gasteiger partial charge < -0.3 is 15.1 Å². The van der Waals surface area contributed by atoms with Gasteiger partial charge in [-0.1, -0.05) is 12.1 Å². The molecule has 0 saturated carbocycles. The van der Waals surface area contributed by atoms with E-state index in [2.05, 4.69) is 28.3 Å². The first kappa shape index (κ1) is 14.5. The topological polar surface area (TPSA) is 49.7 Å². The molecule has 1 saturated heterocycles. The molecule has 5 nitrogen and oxygen atoms in total. The lowest BCUT2D eigenvalue weighted by Gasteiger charge is -2.33. The average Bonchev–Trinajstić information content (AvgIpc) is 2.57. The maximum atomic E-state index is 12.3. The van der Waals surface area contributed by atoms with Crippen molar-refractivity contribution in [1.29, 1.82) is 0 Å². The molecular weight excluding hydrogens is 276 g/mol. The molecule has 22 heavy (non-hydrogen) atoms. The number of likely N-dealkylation sites (N-methyl/N-ethyl adjacent to an activating group) is 1. The van der Waals surface area contributed by atoms with Crippen LogP contribution >= 0.6 is 0 Å². The van der Waals surface area contributed by atoms with E-state index in [1.807, 2.05) is 18.2 Å². The first-order chi connectivity index (χ1) is 10.7. The molecule has 5 heteroatoms. The lowest BCUT2D eigenvalue weighted by molar-refractivity contribution is -0.880. The quantitative estimate of drug-likeness (QED) is 0.875. The molecule has 0 radical (unpaired) electrons. The number of aromatic nitrogens is 1. The number of carbonyl (C=O) groups excluding carboxylic acids is 1. The van der Waals surface area contributed by atoms with Gasteiger partial charge in [-0.05, 0) is 24.3 Å². The summed E-state index contributed by atoms with van der Waals surface area (Å²) in [6.45, 7) is 4.24. The molecule has 0 unspecified atom stereocenters. The van der Waals surface area contributed by atoms with Crippen molar-refractivity contribution < 1.29 is 9.69 Å². The Morgan fingerprint density at radius 2 is 1.95 bits per heavy atom. The molecule has 1 aliphatic rings. The van der Waals surface area contributed by atoms with Crippen molar-refractivity contribution >= 4 is 17.3 Å². The number of hydrogen-bond donors (Lipinski definition) is 2. The molecule has 0 spiro atoms. The third kappa shape index (κ3) is 3.26. The summed E-state index contributed by atoms with van der Waals surface area (Å²) in [5, 5.41) is 3.01. The summed E-state index contributed by atoms with van der Waals surface area (Å²) >= 11 is 0. The van der Waals surface area contributed by atoms with Crippen LogP contribution in [0.1, 0.15) is 10.4 Å². The normalized spacial score (nSPS) is 15.6. The number of anilines is 2. The maximum Gasteiger partial charge on any atom is 0.257 e. The number of rotatable bonds is 3. The summed E-state index contributed by atoms with van der Waals surface area (Å²) in [5.74, 6) is -0.125. The zero-order valence-electron chi connectivity index (χ0n) is 12.7. The van der Waals surface area contributed by atoms with Gasteiger partial charge in [-0.25, -0.2) is 0 Å². The van der Waals surface area contributed by atoms with Crippen LogP contribution in [0.15, 0.2) is 48.8 Å². The molecule has 2 N–H and O–H groups in total. The van der Waals surface area contributed by atoms with Crippen molar-refractivity contribution in [3.05, 3.63) is 54.4 Å². The van der Waals surface area contributed by atoms with E-state index in [0.29, 0.717) is 5.56 Å². The number of hydrogen-bond acceptors (Lipinski definition) is 3. The van der Waals surface area contributed by atoms with Gasteiger partial charge >= 0.3 is 0 Å². The van der Waals surface area contributed by atoms with Crippen LogP contribution in [0.4, 0.5) is 11.4 Å². The number of quaternary nitrogens is 1. The van der Waals surface area contributed by atoms with E-state index in [-0.39, 0.29) is 5.91 Å². The smallest absolute Gasteiger partial charge is 0.257 e. The van der Waals surface area contributed by atoms with Gasteiger partial charge in [-0.3, -0.25) is 9.78 Å². The van der Waals surface area contributed by atoms with E-state index in [1.54, 1.807) is 29.4 Å². The Morgan fingerprint density at radius 1 is 1.18 bits per heavy atom. The SMILES string of the molecule is C[NH+]1CCN(c2ccccc2NC(=O)c2cccnc2)CC1. The number of nitrogens with zero attached hydrogens (tertiary/aromatic N) is 2. The second-order valence-corrected chi connectivity index (χ2v) is 5.66. The standard InChI is InChI=1S/C17H20N4O/c1-20-9-11-21(12-10-20)16-7-3-2-6-15(16)19-17(22)14-5-4-8-18-13-14/h2-8,13H,9-12H2,1H3,(H,19,22)/p+1. The van der Waals surface area contributed by atoms with Crippen LogP contribution in [-0.4, -0.2) is 44.1 Å². The fraction of sp³-hybridized carbons (Fsp3) is 0.294. The monoisotopic (exact) mass is 297 g/mol.